The van der Waals surface area contributed by atoms with E-state index in [1.165, 1.54) is 0 Å². The average Bonchev–Trinajstić information content (AvgIpc) is 2.22. The van der Waals surface area contributed by atoms with Crippen molar-refractivity contribution < 1.29 is 0 Å². The monoisotopic (exact) mass is 222 g/mol. The zero-order valence-corrected chi connectivity index (χ0v) is 9.16. The molecule has 0 saturated carbocycles. The Labute approximate surface area is 92.3 Å². The molecule has 0 fully saturated rings. The van der Waals surface area contributed by atoms with Crippen LogP contribution in [0, 0.1) is 0 Å². The Balaban J connectivity index is 2.77. The smallest absolute Gasteiger partial charge is 0.262 e. The molecule has 15 heavy (non-hydrogen) atoms. The van der Waals surface area contributed by atoms with E-state index in [1.54, 1.807) is 29.1 Å². The van der Waals surface area contributed by atoms with Gasteiger partial charge in [0.15, 0.2) is 0 Å². The summed E-state index contributed by atoms with van der Waals surface area (Å²) in [6.45, 7) is 2.69. The minimum absolute atomic E-state index is 0.0625. The van der Waals surface area contributed by atoms with Gasteiger partial charge in [0.25, 0.3) is 5.56 Å². The first-order valence-electron chi connectivity index (χ1n) is 4.87. The molecule has 1 aromatic heterocycles. The van der Waals surface area contributed by atoms with Crippen molar-refractivity contribution in [1.29, 1.82) is 0 Å². The standard InChI is InChI=1S/C11H11ClN2O/c1-2-6-14-7-13-9-5-3-4-8(12)10(9)11(14)15/h3-5,7H,2,6H2,1H3. The summed E-state index contributed by atoms with van der Waals surface area (Å²) < 4.78 is 1.59. The van der Waals surface area contributed by atoms with Gasteiger partial charge in [-0.1, -0.05) is 24.6 Å². The zero-order valence-electron chi connectivity index (χ0n) is 8.40. The van der Waals surface area contributed by atoms with Crippen molar-refractivity contribution >= 4 is 22.5 Å². The highest BCUT2D eigenvalue weighted by atomic mass is 35.5. The highest BCUT2D eigenvalue weighted by Crippen LogP contribution is 2.17. The SMILES string of the molecule is CCCn1cnc2cccc(Cl)c2c1=O. The molecule has 4 heteroatoms. The summed E-state index contributed by atoms with van der Waals surface area (Å²) in [7, 11) is 0. The lowest BCUT2D eigenvalue weighted by Gasteiger charge is -2.05. The van der Waals surface area contributed by atoms with Crippen molar-refractivity contribution in [3.63, 3.8) is 0 Å². The third-order valence-electron chi connectivity index (χ3n) is 2.27. The molecule has 0 bridgehead atoms. The normalized spacial score (nSPS) is 10.8. The van der Waals surface area contributed by atoms with Gasteiger partial charge in [0.05, 0.1) is 22.3 Å². The predicted octanol–water partition coefficient (Wildman–Crippen LogP) is 2.46. The molecule has 0 atom stereocenters. The number of hydrogen-bond acceptors (Lipinski definition) is 2. The minimum Gasteiger partial charge on any atom is -0.299 e. The molecule has 0 aliphatic rings. The van der Waals surface area contributed by atoms with Crippen LogP contribution in [0.3, 0.4) is 0 Å². The quantitative estimate of drug-likeness (QED) is 0.783. The van der Waals surface area contributed by atoms with Crippen LogP contribution in [0.2, 0.25) is 5.02 Å². The predicted molar refractivity (Wildman–Crippen MR) is 61.3 cm³/mol. The second kappa shape index (κ2) is 4.03. The maximum Gasteiger partial charge on any atom is 0.262 e. The van der Waals surface area contributed by atoms with Gasteiger partial charge in [0.2, 0.25) is 0 Å². The third-order valence-corrected chi connectivity index (χ3v) is 2.58. The van der Waals surface area contributed by atoms with E-state index >= 15 is 0 Å². The molecule has 1 heterocycles. The Morgan fingerprint density at radius 2 is 2.27 bits per heavy atom. The van der Waals surface area contributed by atoms with E-state index in [2.05, 4.69) is 4.98 Å². The second-order valence-electron chi connectivity index (χ2n) is 3.38. The van der Waals surface area contributed by atoms with Crippen LogP contribution in [-0.2, 0) is 6.54 Å². The summed E-state index contributed by atoms with van der Waals surface area (Å²) >= 11 is 5.98. The molecule has 0 aliphatic heterocycles. The highest BCUT2D eigenvalue weighted by Gasteiger charge is 2.06. The van der Waals surface area contributed by atoms with E-state index in [0.29, 0.717) is 22.5 Å². The number of rotatable bonds is 2. The van der Waals surface area contributed by atoms with Crippen LogP contribution in [0.5, 0.6) is 0 Å². The fourth-order valence-electron chi connectivity index (χ4n) is 1.56. The van der Waals surface area contributed by atoms with Crippen LogP contribution in [0.25, 0.3) is 10.9 Å². The van der Waals surface area contributed by atoms with Crippen molar-refractivity contribution in [2.24, 2.45) is 0 Å². The van der Waals surface area contributed by atoms with Gasteiger partial charge in [-0.2, -0.15) is 0 Å². The molecule has 2 rings (SSSR count). The summed E-state index contributed by atoms with van der Waals surface area (Å²) in [5, 5.41) is 0.977. The molecule has 78 valence electrons. The van der Waals surface area contributed by atoms with Crippen LogP contribution in [0.4, 0.5) is 0 Å². The molecule has 3 nitrogen and oxygen atoms in total. The Kier molecular flexibility index (Phi) is 2.73. The first-order valence-corrected chi connectivity index (χ1v) is 5.25. The summed E-state index contributed by atoms with van der Waals surface area (Å²) in [5.41, 5.74) is 0.590. The van der Waals surface area contributed by atoms with Crippen LogP contribution < -0.4 is 5.56 Å². The van der Waals surface area contributed by atoms with Gasteiger partial charge in [-0.15, -0.1) is 0 Å². The first-order chi connectivity index (χ1) is 7.24. The van der Waals surface area contributed by atoms with Gasteiger partial charge >= 0.3 is 0 Å². The maximum absolute atomic E-state index is 12.0. The lowest BCUT2D eigenvalue weighted by Crippen LogP contribution is -2.20. The maximum atomic E-state index is 12.0. The van der Waals surface area contributed by atoms with Crippen LogP contribution in [0.15, 0.2) is 29.3 Å². The highest BCUT2D eigenvalue weighted by molar-refractivity contribution is 6.35. The van der Waals surface area contributed by atoms with Crippen molar-refractivity contribution in [2.75, 3.05) is 0 Å². The number of hydrogen-bond donors (Lipinski definition) is 0. The van der Waals surface area contributed by atoms with E-state index in [0.717, 1.165) is 6.42 Å². The van der Waals surface area contributed by atoms with E-state index in [4.69, 9.17) is 11.6 Å². The molecule has 1 aromatic carbocycles. The van der Waals surface area contributed by atoms with Crippen LogP contribution in [0.1, 0.15) is 13.3 Å². The fraction of sp³-hybridized carbons (Fsp3) is 0.273. The molecule has 2 aromatic rings. The van der Waals surface area contributed by atoms with E-state index in [9.17, 15) is 4.79 Å². The van der Waals surface area contributed by atoms with E-state index < -0.39 is 0 Å². The number of fused-ring (bicyclic) bond motifs is 1. The summed E-state index contributed by atoms with van der Waals surface area (Å²) in [5.74, 6) is 0. The van der Waals surface area contributed by atoms with Gasteiger partial charge in [-0.3, -0.25) is 9.36 Å². The van der Waals surface area contributed by atoms with E-state index in [1.807, 2.05) is 6.92 Å². The topological polar surface area (TPSA) is 34.9 Å². The molecule has 0 amide bonds. The molecule has 0 unspecified atom stereocenters. The Hall–Kier alpha value is -1.35. The first kappa shape index (κ1) is 10.2. The van der Waals surface area contributed by atoms with Crippen molar-refractivity contribution in [3.8, 4) is 0 Å². The Bertz CT molecular complexity index is 548. The van der Waals surface area contributed by atoms with Crippen molar-refractivity contribution in [1.82, 2.24) is 9.55 Å². The number of nitrogens with zero attached hydrogens (tertiary/aromatic N) is 2. The van der Waals surface area contributed by atoms with Crippen molar-refractivity contribution in [3.05, 3.63) is 39.9 Å². The fourth-order valence-corrected chi connectivity index (χ4v) is 1.81. The zero-order chi connectivity index (χ0) is 10.8. The molecule has 0 N–H and O–H groups in total. The molecule has 0 aliphatic carbocycles. The summed E-state index contributed by atoms with van der Waals surface area (Å²) in [6, 6.07) is 5.30. The van der Waals surface area contributed by atoms with Crippen LogP contribution in [-0.4, -0.2) is 9.55 Å². The third kappa shape index (κ3) is 1.75. The van der Waals surface area contributed by atoms with Gasteiger partial charge in [-0.05, 0) is 18.6 Å². The number of aryl methyl sites for hydroxylation is 1. The number of halogens is 1. The number of aromatic nitrogens is 2. The lowest BCUT2D eigenvalue weighted by molar-refractivity contribution is 0.648. The molecular weight excluding hydrogens is 212 g/mol. The average molecular weight is 223 g/mol. The summed E-state index contributed by atoms with van der Waals surface area (Å²) in [4.78, 5) is 16.2. The van der Waals surface area contributed by atoms with Crippen LogP contribution >= 0.6 is 11.6 Å². The van der Waals surface area contributed by atoms with Crippen molar-refractivity contribution in [2.45, 2.75) is 19.9 Å². The Morgan fingerprint density at radius 1 is 1.47 bits per heavy atom. The summed E-state index contributed by atoms with van der Waals surface area (Å²) in [6.07, 6.45) is 2.47. The van der Waals surface area contributed by atoms with Gasteiger partial charge in [0.1, 0.15) is 0 Å². The number of benzene rings is 1. The van der Waals surface area contributed by atoms with Gasteiger partial charge in [0, 0.05) is 6.54 Å². The van der Waals surface area contributed by atoms with E-state index in [-0.39, 0.29) is 5.56 Å². The lowest BCUT2D eigenvalue weighted by atomic mass is 10.2. The minimum atomic E-state index is -0.0625. The second-order valence-corrected chi connectivity index (χ2v) is 3.78. The molecular formula is C11H11ClN2O. The molecule has 0 spiro atoms. The molecule has 0 radical (unpaired) electrons. The van der Waals surface area contributed by atoms with Gasteiger partial charge < -0.3 is 0 Å². The van der Waals surface area contributed by atoms with Gasteiger partial charge in [-0.25, -0.2) is 4.98 Å². The molecule has 0 saturated heterocycles. The Morgan fingerprint density at radius 3 is 3.00 bits per heavy atom. The largest absolute Gasteiger partial charge is 0.299 e.